The summed E-state index contributed by atoms with van der Waals surface area (Å²) in [4.78, 5) is 22.7. The van der Waals surface area contributed by atoms with E-state index in [0.717, 1.165) is 51.1 Å². The molecule has 0 saturated carbocycles. The molecule has 6 heteroatoms. The van der Waals surface area contributed by atoms with Crippen molar-refractivity contribution in [3.05, 3.63) is 82.3 Å². The number of thiophene rings is 1. The SMILES string of the molecule is CN(Cc1ccc(OCC[C@@H]2CCCCN2C(=O)c2cccnc2)cc1)Cc1cccs1. The lowest BCUT2D eigenvalue weighted by molar-refractivity contribution is 0.0580. The van der Waals surface area contributed by atoms with Crippen LogP contribution < -0.4 is 4.74 Å². The molecule has 2 aromatic heterocycles. The minimum Gasteiger partial charge on any atom is -0.494 e. The lowest BCUT2D eigenvalue weighted by atomic mass is 9.98. The average molecular weight is 450 g/mol. The number of benzene rings is 1. The molecule has 32 heavy (non-hydrogen) atoms. The minimum atomic E-state index is 0.0822. The number of ether oxygens (including phenoxy) is 1. The Hall–Kier alpha value is -2.70. The zero-order valence-electron chi connectivity index (χ0n) is 18.7. The van der Waals surface area contributed by atoms with E-state index in [1.165, 1.54) is 10.4 Å². The predicted molar refractivity (Wildman–Crippen MR) is 129 cm³/mol. The maximum absolute atomic E-state index is 12.9. The van der Waals surface area contributed by atoms with E-state index in [4.69, 9.17) is 4.74 Å². The van der Waals surface area contributed by atoms with Crippen molar-refractivity contribution in [2.45, 2.75) is 44.8 Å². The van der Waals surface area contributed by atoms with Gasteiger partial charge >= 0.3 is 0 Å². The van der Waals surface area contributed by atoms with Crippen molar-refractivity contribution < 1.29 is 9.53 Å². The molecule has 3 heterocycles. The van der Waals surface area contributed by atoms with Crippen LogP contribution >= 0.6 is 11.3 Å². The quantitative estimate of drug-likeness (QED) is 0.448. The van der Waals surface area contributed by atoms with Gasteiger partial charge in [0, 0.05) is 49.4 Å². The van der Waals surface area contributed by atoms with Gasteiger partial charge in [0.2, 0.25) is 0 Å². The van der Waals surface area contributed by atoms with Crippen molar-refractivity contribution in [2.24, 2.45) is 0 Å². The highest BCUT2D eigenvalue weighted by molar-refractivity contribution is 7.09. The first-order valence-electron chi connectivity index (χ1n) is 11.3. The zero-order valence-corrected chi connectivity index (χ0v) is 19.5. The Kier molecular flexibility index (Phi) is 7.91. The van der Waals surface area contributed by atoms with Crippen LogP contribution in [0, 0.1) is 0 Å². The van der Waals surface area contributed by atoms with Crippen LogP contribution in [0.25, 0.3) is 0 Å². The molecule has 1 aliphatic rings. The summed E-state index contributed by atoms with van der Waals surface area (Å²) < 4.78 is 6.03. The van der Waals surface area contributed by atoms with Crippen LogP contribution in [0.5, 0.6) is 5.75 Å². The Morgan fingerprint density at radius 2 is 2.03 bits per heavy atom. The summed E-state index contributed by atoms with van der Waals surface area (Å²) in [5.74, 6) is 0.967. The highest BCUT2D eigenvalue weighted by Crippen LogP contribution is 2.23. The maximum Gasteiger partial charge on any atom is 0.255 e. The number of likely N-dealkylation sites (tertiary alicyclic amines) is 1. The molecule has 0 spiro atoms. The summed E-state index contributed by atoms with van der Waals surface area (Å²) in [5.41, 5.74) is 1.94. The minimum absolute atomic E-state index is 0.0822. The second kappa shape index (κ2) is 11.2. The van der Waals surface area contributed by atoms with E-state index < -0.39 is 0 Å². The largest absolute Gasteiger partial charge is 0.494 e. The van der Waals surface area contributed by atoms with Gasteiger partial charge in [0.25, 0.3) is 5.91 Å². The van der Waals surface area contributed by atoms with Gasteiger partial charge in [-0.3, -0.25) is 14.7 Å². The molecule has 0 N–H and O–H groups in total. The number of hydrogen-bond donors (Lipinski definition) is 0. The first-order valence-corrected chi connectivity index (χ1v) is 12.2. The van der Waals surface area contributed by atoms with Crippen LogP contribution in [0.3, 0.4) is 0 Å². The predicted octanol–water partition coefficient (Wildman–Crippen LogP) is 5.24. The van der Waals surface area contributed by atoms with Gasteiger partial charge in [-0.05, 0) is 67.6 Å². The van der Waals surface area contributed by atoms with E-state index >= 15 is 0 Å². The molecule has 4 rings (SSSR count). The summed E-state index contributed by atoms with van der Waals surface area (Å²) >= 11 is 1.80. The third-order valence-electron chi connectivity index (χ3n) is 5.90. The number of nitrogens with zero attached hydrogens (tertiary/aromatic N) is 3. The number of hydrogen-bond acceptors (Lipinski definition) is 5. The molecule has 5 nitrogen and oxygen atoms in total. The highest BCUT2D eigenvalue weighted by Gasteiger charge is 2.27. The maximum atomic E-state index is 12.9. The molecule has 0 radical (unpaired) electrons. The summed E-state index contributed by atoms with van der Waals surface area (Å²) in [6.07, 6.45) is 7.46. The van der Waals surface area contributed by atoms with E-state index in [2.05, 4.69) is 46.6 Å². The van der Waals surface area contributed by atoms with E-state index in [0.29, 0.717) is 12.2 Å². The fourth-order valence-electron chi connectivity index (χ4n) is 4.26. The standard InChI is InChI=1S/C26H31N3O2S/c1-28(20-25-8-5-17-32-25)19-21-9-11-24(12-10-21)31-16-13-23-7-2-3-15-29(23)26(30)22-6-4-14-27-18-22/h4-6,8-12,14,17-18,23H,2-3,7,13,15-16,19-20H2,1H3/t23-/m0/s1. The molecule has 1 amide bonds. The zero-order chi connectivity index (χ0) is 22.2. The summed E-state index contributed by atoms with van der Waals surface area (Å²) in [6, 6.07) is 16.5. The number of amides is 1. The van der Waals surface area contributed by atoms with Crippen molar-refractivity contribution in [3.63, 3.8) is 0 Å². The lowest BCUT2D eigenvalue weighted by Crippen LogP contribution is -2.44. The lowest BCUT2D eigenvalue weighted by Gasteiger charge is -2.35. The van der Waals surface area contributed by atoms with E-state index in [1.54, 1.807) is 23.7 Å². The molecular formula is C26H31N3O2S. The number of carbonyl (C=O) groups excluding carboxylic acids is 1. The Balaban J connectivity index is 1.25. The van der Waals surface area contributed by atoms with Crippen LogP contribution in [0.15, 0.2) is 66.3 Å². The Labute approximate surface area is 194 Å². The first kappa shape index (κ1) is 22.5. The van der Waals surface area contributed by atoms with Crippen molar-refractivity contribution >= 4 is 17.2 Å². The molecule has 1 aromatic carbocycles. The fraction of sp³-hybridized carbons (Fsp3) is 0.385. The van der Waals surface area contributed by atoms with Gasteiger partial charge in [0.15, 0.2) is 0 Å². The molecule has 0 aliphatic carbocycles. The molecule has 1 fully saturated rings. The van der Waals surface area contributed by atoms with Crippen LogP contribution in [0.4, 0.5) is 0 Å². The van der Waals surface area contributed by atoms with E-state index in [-0.39, 0.29) is 11.9 Å². The molecule has 1 aliphatic heterocycles. The molecule has 0 unspecified atom stereocenters. The topological polar surface area (TPSA) is 45.7 Å². The van der Waals surface area contributed by atoms with E-state index in [1.807, 2.05) is 29.2 Å². The number of piperidine rings is 1. The van der Waals surface area contributed by atoms with Crippen molar-refractivity contribution in [1.29, 1.82) is 0 Å². The van der Waals surface area contributed by atoms with Gasteiger partial charge in [0.1, 0.15) is 5.75 Å². The monoisotopic (exact) mass is 449 g/mol. The second-order valence-electron chi connectivity index (χ2n) is 8.42. The Bertz CT molecular complexity index is 961. The van der Waals surface area contributed by atoms with Gasteiger partial charge in [-0.2, -0.15) is 0 Å². The van der Waals surface area contributed by atoms with Gasteiger partial charge in [-0.1, -0.05) is 18.2 Å². The Morgan fingerprint density at radius 1 is 1.16 bits per heavy atom. The normalized spacial score (nSPS) is 16.3. The van der Waals surface area contributed by atoms with Gasteiger partial charge in [0.05, 0.1) is 12.2 Å². The van der Waals surface area contributed by atoms with Crippen LogP contribution in [0.1, 0.15) is 46.5 Å². The van der Waals surface area contributed by atoms with Gasteiger partial charge < -0.3 is 9.64 Å². The number of carbonyl (C=O) groups is 1. The Morgan fingerprint density at radius 3 is 2.78 bits per heavy atom. The summed E-state index contributed by atoms with van der Waals surface area (Å²) in [6.45, 7) is 3.29. The van der Waals surface area contributed by atoms with Crippen LogP contribution in [-0.2, 0) is 13.1 Å². The van der Waals surface area contributed by atoms with Crippen molar-refractivity contribution in [2.75, 3.05) is 20.2 Å². The summed E-state index contributed by atoms with van der Waals surface area (Å²) in [5, 5.41) is 2.12. The highest BCUT2D eigenvalue weighted by atomic mass is 32.1. The summed E-state index contributed by atoms with van der Waals surface area (Å²) in [7, 11) is 2.15. The fourth-order valence-corrected chi connectivity index (χ4v) is 5.05. The molecule has 3 aromatic rings. The molecule has 168 valence electrons. The van der Waals surface area contributed by atoms with Gasteiger partial charge in [-0.25, -0.2) is 0 Å². The van der Waals surface area contributed by atoms with Crippen LogP contribution in [0.2, 0.25) is 0 Å². The number of pyridine rings is 1. The third kappa shape index (κ3) is 6.17. The third-order valence-corrected chi connectivity index (χ3v) is 6.76. The average Bonchev–Trinajstić information content (AvgIpc) is 3.33. The molecular weight excluding hydrogens is 418 g/mol. The van der Waals surface area contributed by atoms with Crippen LogP contribution in [-0.4, -0.2) is 46.9 Å². The number of aromatic nitrogens is 1. The molecule has 1 saturated heterocycles. The van der Waals surface area contributed by atoms with Gasteiger partial charge in [-0.15, -0.1) is 11.3 Å². The molecule has 0 bridgehead atoms. The van der Waals surface area contributed by atoms with E-state index in [9.17, 15) is 4.79 Å². The number of rotatable bonds is 9. The van der Waals surface area contributed by atoms with Crippen molar-refractivity contribution in [1.82, 2.24) is 14.8 Å². The van der Waals surface area contributed by atoms with Crippen molar-refractivity contribution in [3.8, 4) is 5.75 Å². The second-order valence-corrected chi connectivity index (χ2v) is 9.45. The smallest absolute Gasteiger partial charge is 0.255 e. The molecule has 1 atom stereocenters. The first-order chi connectivity index (χ1) is 15.7.